The Morgan fingerprint density at radius 1 is 1.33 bits per heavy atom. The predicted molar refractivity (Wildman–Crippen MR) is 64.0 cm³/mol. The van der Waals surface area contributed by atoms with Crippen molar-refractivity contribution in [3.8, 4) is 0 Å². The van der Waals surface area contributed by atoms with E-state index in [1.807, 2.05) is 0 Å². The molecule has 0 atom stereocenters. The number of carbonyl (C=O) groups excluding carboxylic acids is 1. The molecule has 0 aliphatic heterocycles. The van der Waals surface area contributed by atoms with Crippen molar-refractivity contribution in [1.29, 1.82) is 0 Å². The van der Waals surface area contributed by atoms with Crippen molar-refractivity contribution in [2.24, 2.45) is 0 Å². The second-order valence-corrected chi connectivity index (χ2v) is 4.37. The molecule has 0 N–H and O–H groups in total. The molecule has 6 heteroatoms. The molecule has 2 aromatic rings. The molecule has 0 aliphatic rings. The summed E-state index contributed by atoms with van der Waals surface area (Å²) in [6.07, 6.45) is 0. The molecule has 0 radical (unpaired) electrons. The first kappa shape index (κ1) is 12.6. The number of hydrogen-bond acceptors (Lipinski definition) is 4. The molecular formula is C12H8F2O3S. The summed E-state index contributed by atoms with van der Waals surface area (Å²) >= 11 is 0.987. The van der Waals surface area contributed by atoms with Crippen LogP contribution in [0.1, 0.15) is 17.3 Å². The number of ether oxygens (including phenoxy) is 1. The normalized spacial score (nSPS) is 10.6. The standard InChI is InChI=1S/C12H8F2O3S/c1-2-17-12(16)7-5-18-10-4-9(14)8(13)3-6(10)11(7)15/h3-5H,2H2,1H3. The van der Waals surface area contributed by atoms with Crippen LogP contribution in [0.25, 0.3) is 10.1 Å². The fourth-order valence-electron chi connectivity index (χ4n) is 1.47. The molecule has 1 aromatic carbocycles. The lowest BCUT2D eigenvalue weighted by Crippen LogP contribution is -2.16. The van der Waals surface area contributed by atoms with E-state index in [0.29, 0.717) is 0 Å². The Morgan fingerprint density at radius 3 is 2.67 bits per heavy atom. The van der Waals surface area contributed by atoms with Gasteiger partial charge >= 0.3 is 5.97 Å². The fourth-order valence-corrected chi connectivity index (χ4v) is 2.37. The van der Waals surface area contributed by atoms with Crippen LogP contribution >= 0.6 is 11.3 Å². The quantitative estimate of drug-likeness (QED) is 0.788. The molecule has 1 aromatic heterocycles. The zero-order valence-electron chi connectivity index (χ0n) is 9.33. The van der Waals surface area contributed by atoms with E-state index in [2.05, 4.69) is 0 Å². The highest BCUT2D eigenvalue weighted by atomic mass is 32.1. The third-order valence-corrected chi connectivity index (χ3v) is 3.26. The number of hydrogen-bond donors (Lipinski definition) is 0. The molecular weight excluding hydrogens is 262 g/mol. The molecule has 0 fully saturated rings. The van der Waals surface area contributed by atoms with Gasteiger partial charge in [-0.25, -0.2) is 13.6 Å². The second-order valence-electron chi connectivity index (χ2n) is 3.46. The summed E-state index contributed by atoms with van der Waals surface area (Å²) in [5.74, 6) is -2.90. The zero-order chi connectivity index (χ0) is 13.3. The number of fused-ring (bicyclic) bond motifs is 1. The summed E-state index contributed by atoms with van der Waals surface area (Å²) in [7, 11) is 0. The van der Waals surface area contributed by atoms with Crippen molar-refractivity contribution in [3.05, 3.63) is 44.9 Å². The molecule has 0 aliphatic carbocycles. The summed E-state index contributed by atoms with van der Waals surface area (Å²) in [6, 6.07) is 1.73. The largest absolute Gasteiger partial charge is 0.462 e. The Balaban J connectivity index is 2.68. The topological polar surface area (TPSA) is 43.4 Å². The van der Waals surface area contributed by atoms with Crippen molar-refractivity contribution >= 4 is 27.4 Å². The van der Waals surface area contributed by atoms with Crippen LogP contribution in [-0.4, -0.2) is 12.6 Å². The molecule has 0 unspecified atom stereocenters. The van der Waals surface area contributed by atoms with Gasteiger partial charge in [-0.3, -0.25) is 4.79 Å². The van der Waals surface area contributed by atoms with E-state index in [9.17, 15) is 18.4 Å². The number of rotatable bonds is 2. The fraction of sp³-hybridized carbons (Fsp3) is 0.167. The van der Waals surface area contributed by atoms with Crippen molar-refractivity contribution in [3.63, 3.8) is 0 Å². The van der Waals surface area contributed by atoms with Gasteiger partial charge in [0.2, 0.25) is 5.43 Å². The Bertz CT molecular complexity index is 679. The smallest absolute Gasteiger partial charge is 0.342 e. The molecule has 94 valence electrons. The minimum absolute atomic E-state index is 0.0237. The molecule has 0 amide bonds. The van der Waals surface area contributed by atoms with Gasteiger partial charge in [-0.15, -0.1) is 11.3 Å². The Morgan fingerprint density at radius 2 is 2.00 bits per heavy atom. The van der Waals surface area contributed by atoms with Crippen molar-refractivity contribution < 1.29 is 18.3 Å². The molecule has 2 rings (SSSR count). The third-order valence-electron chi connectivity index (χ3n) is 2.31. The van der Waals surface area contributed by atoms with Crippen LogP contribution in [0.3, 0.4) is 0 Å². The second kappa shape index (κ2) is 4.81. The van der Waals surface area contributed by atoms with Gasteiger partial charge < -0.3 is 4.74 Å². The first-order valence-electron chi connectivity index (χ1n) is 5.12. The van der Waals surface area contributed by atoms with Gasteiger partial charge in [-0.2, -0.15) is 0 Å². The lowest BCUT2D eigenvalue weighted by atomic mass is 10.2. The van der Waals surface area contributed by atoms with E-state index in [0.717, 1.165) is 23.5 Å². The minimum atomic E-state index is -1.12. The predicted octanol–water partition coefficient (Wildman–Crippen LogP) is 2.72. The first-order valence-corrected chi connectivity index (χ1v) is 6.00. The van der Waals surface area contributed by atoms with E-state index in [1.165, 1.54) is 5.38 Å². The van der Waals surface area contributed by atoms with Crippen molar-refractivity contribution in [2.75, 3.05) is 6.61 Å². The highest BCUT2D eigenvalue weighted by molar-refractivity contribution is 7.16. The van der Waals surface area contributed by atoms with E-state index in [4.69, 9.17) is 4.74 Å². The van der Waals surface area contributed by atoms with E-state index >= 15 is 0 Å². The van der Waals surface area contributed by atoms with Crippen LogP contribution in [0.2, 0.25) is 0 Å². The number of benzene rings is 1. The van der Waals surface area contributed by atoms with Gasteiger partial charge in [-0.1, -0.05) is 0 Å². The lowest BCUT2D eigenvalue weighted by molar-refractivity contribution is 0.0525. The Labute approximate surface area is 105 Å². The van der Waals surface area contributed by atoms with Crippen LogP contribution in [0.15, 0.2) is 22.3 Å². The first-order chi connectivity index (χ1) is 8.54. The van der Waals surface area contributed by atoms with Crippen molar-refractivity contribution in [2.45, 2.75) is 6.92 Å². The van der Waals surface area contributed by atoms with Crippen LogP contribution < -0.4 is 5.43 Å². The third kappa shape index (κ3) is 2.11. The maximum Gasteiger partial charge on any atom is 0.342 e. The molecule has 0 saturated heterocycles. The maximum atomic E-state index is 13.1. The van der Waals surface area contributed by atoms with Crippen LogP contribution in [-0.2, 0) is 4.74 Å². The molecule has 18 heavy (non-hydrogen) atoms. The van der Waals surface area contributed by atoms with Gasteiger partial charge in [0.15, 0.2) is 11.6 Å². The average molecular weight is 270 g/mol. The molecule has 1 heterocycles. The summed E-state index contributed by atoms with van der Waals surface area (Å²) in [5, 5.41) is 1.27. The maximum absolute atomic E-state index is 13.1. The van der Waals surface area contributed by atoms with Crippen LogP contribution in [0.4, 0.5) is 8.78 Å². The van der Waals surface area contributed by atoms with Gasteiger partial charge in [0.05, 0.1) is 6.61 Å². The molecule has 3 nitrogen and oxygen atoms in total. The Hall–Kier alpha value is -1.82. The number of halogens is 2. The molecule has 0 saturated carbocycles. The van der Waals surface area contributed by atoms with Crippen LogP contribution in [0, 0.1) is 11.6 Å². The summed E-state index contributed by atoms with van der Waals surface area (Å²) < 4.78 is 31.1. The van der Waals surface area contributed by atoms with E-state index in [1.54, 1.807) is 6.92 Å². The average Bonchev–Trinajstić information content (AvgIpc) is 2.32. The number of esters is 1. The zero-order valence-corrected chi connectivity index (χ0v) is 10.1. The Kier molecular flexibility index (Phi) is 3.38. The highest BCUT2D eigenvalue weighted by Crippen LogP contribution is 2.20. The van der Waals surface area contributed by atoms with Crippen molar-refractivity contribution in [1.82, 2.24) is 0 Å². The monoisotopic (exact) mass is 270 g/mol. The highest BCUT2D eigenvalue weighted by Gasteiger charge is 2.15. The molecule has 0 spiro atoms. The summed E-state index contributed by atoms with van der Waals surface area (Å²) in [4.78, 5) is 23.4. The summed E-state index contributed by atoms with van der Waals surface area (Å²) in [5.41, 5.74) is -0.818. The van der Waals surface area contributed by atoms with Gasteiger partial charge in [0.1, 0.15) is 5.56 Å². The van der Waals surface area contributed by atoms with Gasteiger partial charge in [0.25, 0.3) is 0 Å². The van der Waals surface area contributed by atoms with Crippen LogP contribution in [0.5, 0.6) is 0 Å². The van der Waals surface area contributed by atoms with Gasteiger partial charge in [0, 0.05) is 15.5 Å². The minimum Gasteiger partial charge on any atom is -0.462 e. The molecule has 0 bridgehead atoms. The lowest BCUT2D eigenvalue weighted by Gasteiger charge is -2.02. The van der Waals surface area contributed by atoms with E-state index in [-0.39, 0.29) is 22.3 Å². The van der Waals surface area contributed by atoms with Gasteiger partial charge in [-0.05, 0) is 19.1 Å². The van der Waals surface area contributed by atoms with E-state index < -0.39 is 23.0 Å². The SMILES string of the molecule is CCOC(=O)c1csc2cc(F)c(F)cc2c1=O. The summed E-state index contributed by atoms with van der Waals surface area (Å²) in [6.45, 7) is 1.75. The number of carbonyl (C=O) groups is 1.